The van der Waals surface area contributed by atoms with Crippen LogP contribution in [-0.2, 0) is 6.54 Å². The van der Waals surface area contributed by atoms with Crippen molar-refractivity contribution in [2.45, 2.75) is 44.8 Å². The lowest BCUT2D eigenvalue weighted by Crippen LogP contribution is -2.51. The lowest BCUT2D eigenvalue weighted by atomic mass is 9.89. The van der Waals surface area contributed by atoms with Gasteiger partial charge in [-0.2, -0.15) is 0 Å². The summed E-state index contributed by atoms with van der Waals surface area (Å²) in [5.41, 5.74) is 1.22. The van der Waals surface area contributed by atoms with Crippen molar-refractivity contribution in [3.63, 3.8) is 0 Å². The zero-order valence-electron chi connectivity index (χ0n) is 10.6. The molecule has 1 atom stereocenters. The first-order chi connectivity index (χ1) is 8.05. The van der Waals surface area contributed by atoms with E-state index in [4.69, 9.17) is 0 Å². The summed E-state index contributed by atoms with van der Waals surface area (Å²) in [5.74, 6) is -0.157. The number of benzene rings is 1. The Morgan fingerprint density at radius 3 is 3.00 bits per heavy atom. The first kappa shape index (κ1) is 12.5. The van der Waals surface area contributed by atoms with Crippen molar-refractivity contribution in [2.75, 3.05) is 6.54 Å². The molecule has 94 valence electrons. The fraction of sp³-hybridized carbons (Fsp3) is 0.571. The lowest BCUT2D eigenvalue weighted by molar-refractivity contribution is 0.247. The minimum Gasteiger partial charge on any atom is -0.312 e. The molecular weight excluding hydrogens is 215 g/mol. The normalized spacial score (nSPS) is 23.6. The van der Waals surface area contributed by atoms with E-state index in [9.17, 15) is 4.39 Å². The van der Waals surface area contributed by atoms with Crippen LogP contribution in [0.1, 0.15) is 32.3 Å². The Morgan fingerprint density at radius 2 is 2.29 bits per heavy atom. The van der Waals surface area contributed by atoms with Crippen LogP contribution in [0, 0.1) is 5.82 Å². The second kappa shape index (κ2) is 5.15. The molecule has 2 rings (SSSR count). The molecule has 3 heteroatoms. The minimum absolute atomic E-state index is 0.157. The third-order valence-corrected chi connectivity index (χ3v) is 3.34. The minimum atomic E-state index is -0.157. The highest BCUT2D eigenvalue weighted by molar-refractivity contribution is 5.16. The molecule has 1 aliphatic rings. The average molecular weight is 236 g/mol. The molecule has 1 heterocycles. The fourth-order valence-corrected chi connectivity index (χ4v) is 2.46. The predicted molar refractivity (Wildman–Crippen MR) is 68.3 cm³/mol. The Morgan fingerprint density at radius 1 is 1.47 bits per heavy atom. The fourth-order valence-electron chi connectivity index (χ4n) is 2.46. The van der Waals surface area contributed by atoms with Gasteiger partial charge in [0.05, 0.1) is 0 Å². The van der Waals surface area contributed by atoms with Gasteiger partial charge in [0.1, 0.15) is 5.82 Å². The molecule has 0 spiro atoms. The molecule has 2 nitrogen and oxygen atoms in total. The standard InChI is InChI=1S/C14H21FN2/c1-14(2)9-13(6-7-17-14)16-10-11-4-3-5-12(15)8-11/h3-5,8,13,16-17H,6-7,9-10H2,1-2H3. The predicted octanol–water partition coefficient (Wildman–Crippen LogP) is 2.45. The van der Waals surface area contributed by atoms with Crippen molar-refractivity contribution < 1.29 is 4.39 Å². The van der Waals surface area contributed by atoms with Gasteiger partial charge < -0.3 is 10.6 Å². The Kier molecular flexibility index (Phi) is 3.79. The summed E-state index contributed by atoms with van der Waals surface area (Å²) in [4.78, 5) is 0. The third-order valence-electron chi connectivity index (χ3n) is 3.34. The smallest absolute Gasteiger partial charge is 0.123 e. The molecule has 1 unspecified atom stereocenters. The van der Waals surface area contributed by atoms with Crippen molar-refractivity contribution in [1.29, 1.82) is 0 Å². The summed E-state index contributed by atoms with van der Waals surface area (Å²) in [6, 6.07) is 7.33. The summed E-state index contributed by atoms with van der Waals surface area (Å²) in [6.07, 6.45) is 2.25. The van der Waals surface area contributed by atoms with Gasteiger partial charge in [0, 0.05) is 18.1 Å². The van der Waals surface area contributed by atoms with Gasteiger partial charge in [-0.1, -0.05) is 12.1 Å². The first-order valence-corrected chi connectivity index (χ1v) is 6.28. The highest BCUT2D eigenvalue weighted by atomic mass is 19.1. The molecule has 1 aromatic rings. The van der Waals surface area contributed by atoms with E-state index in [2.05, 4.69) is 24.5 Å². The summed E-state index contributed by atoms with van der Waals surface area (Å²) in [7, 11) is 0. The molecule has 0 bridgehead atoms. The van der Waals surface area contributed by atoms with E-state index in [1.807, 2.05) is 6.07 Å². The number of hydrogen-bond acceptors (Lipinski definition) is 2. The lowest BCUT2D eigenvalue weighted by Gasteiger charge is -2.37. The van der Waals surface area contributed by atoms with E-state index in [0.717, 1.165) is 31.5 Å². The van der Waals surface area contributed by atoms with Gasteiger partial charge in [0.25, 0.3) is 0 Å². The van der Waals surface area contributed by atoms with Crippen molar-refractivity contribution in [2.24, 2.45) is 0 Å². The van der Waals surface area contributed by atoms with Gasteiger partial charge in [-0.05, 0) is 50.9 Å². The molecule has 0 saturated carbocycles. The average Bonchev–Trinajstić information content (AvgIpc) is 2.25. The van der Waals surface area contributed by atoms with E-state index >= 15 is 0 Å². The van der Waals surface area contributed by atoms with Crippen LogP contribution in [0.2, 0.25) is 0 Å². The molecule has 17 heavy (non-hydrogen) atoms. The zero-order valence-corrected chi connectivity index (χ0v) is 10.6. The quantitative estimate of drug-likeness (QED) is 0.842. The van der Waals surface area contributed by atoms with Gasteiger partial charge in [-0.3, -0.25) is 0 Å². The molecule has 0 aromatic heterocycles. The SMILES string of the molecule is CC1(C)CC(NCc2cccc(F)c2)CCN1. The Balaban J connectivity index is 1.86. The van der Waals surface area contributed by atoms with Crippen LogP contribution < -0.4 is 10.6 Å². The second-order valence-electron chi connectivity index (χ2n) is 5.51. The Bertz CT molecular complexity index is 376. The van der Waals surface area contributed by atoms with E-state index in [1.165, 1.54) is 6.07 Å². The summed E-state index contributed by atoms with van der Waals surface area (Å²) >= 11 is 0. The number of nitrogens with one attached hydrogen (secondary N) is 2. The van der Waals surface area contributed by atoms with Crippen LogP contribution in [0.5, 0.6) is 0 Å². The molecule has 0 aliphatic carbocycles. The zero-order chi connectivity index (χ0) is 12.3. The molecule has 1 fully saturated rings. The van der Waals surface area contributed by atoms with Crippen LogP contribution >= 0.6 is 0 Å². The van der Waals surface area contributed by atoms with E-state index in [0.29, 0.717) is 6.04 Å². The monoisotopic (exact) mass is 236 g/mol. The summed E-state index contributed by atoms with van der Waals surface area (Å²) in [6.45, 7) is 6.25. The van der Waals surface area contributed by atoms with Crippen LogP contribution in [0.4, 0.5) is 4.39 Å². The Labute approximate surface area is 103 Å². The third kappa shape index (κ3) is 3.79. The van der Waals surface area contributed by atoms with Crippen molar-refractivity contribution in [3.05, 3.63) is 35.6 Å². The van der Waals surface area contributed by atoms with E-state index < -0.39 is 0 Å². The van der Waals surface area contributed by atoms with Crippen molar-refractivity contribution >= 4 is 0 Å². The van der Waals surface area contributed by atoms with Gasteiger partial charge in [-0.15, -0.1) is 0 Å². The molecule has 2 N–H and O–H groups in total. The second-order valence-corrected chi connectivity index (χ2v) is 5.51. The highest BCUT2D eigenvalue weighted by Gasteiger charge is 2.26. The topological polar surface area (TPSA) is 24.1 Å². The van der Waals surface area contributed by atoms with Crippen LogP contribution in [0.15, 0.2) is 24.3 Å². The van der Waals surface area contributed by atoms with Crippen molar-refractivity contribution in [3.8, 4) is 0 Å². The van der Waals surface area contributed by atoms with E-state index in [-0.39, 0.29) is 11.4 Å². The molecule has 1 aromatic carbocycles. The molecule has 1 saturated heterocycles. The number of piperidine rings is 1. The van der Waals surface area contributed by atoms with Crippen LogP contribution in [-0.4, -0.2) is 18.1 Å². The van der Waals surface area contributed by atoms with Crippen LogP contribution in [0.3, 0.4) is 0 Å². The van der Waals surface area contributed by atoms with E-state index in [1.54, 1.807) is 12.1 Å². The van der Waals surface area contributed by atoms with Crippen LogP contribution in [0.25, 0.3) is 0 Å². The largest absolute Gasteiger partial charge is 0.312 e. The summed E-state index contributed by atoms with van der Waals surface area (Å²) in [5, 5.41) is 7.01. The maximum absolute atomic E-state index is 13.0. The Hall–Kier alpha value is -0.930. The molecule has 0 amide bonds. The number of halogens is 1. The van der Waals surface area contributed by atoms with Gasteiger partial charge in [0.15, 0.2) is 0 Å². The van der Waals surface area contributed by atoms with Gasteiger partial charge in [0.2, 0.25) is 0 Å². The number of rotatable bonds is 3. The maximum Gasteiger partial charge on any atom is 0.123 e. The maximum atomic E-state index is 13.0. The van der Waals surface area contributed by atoms with Gasteiger partial charge >= 0.3 is 0 Å². The first-order valence-electron chi connectivity index (χ1n) is 6.28. The van der Waals surface area contributed by atoms with Gasteiger partial charge in [-0.25, -0.2) is 4.39 Å². The number of hydrogen-bond donors (Lipinski definition) is 2. The molecular formula is C14H21FN2. The highest BCUT2D eigenvalue weighted by Crippen LogP contribution is 2.18. The molecule has 1 aliphatic heterocycles. The molecule has 0 radical (unpaired) electrons. The van der Waals surface area contributed by atoms with Crippen molar-refractivity contribution in [1.82, 2.24) is 10.6 Å². The summed E-state index contributed by atoms with van der Waals surface area (Å²) < 4.78 is 13.0.